The van der Waals surface area contributed by atoms with Gasteiger partial charge in [-0.1, -0.05) is 48.6 Å². The first-order chi connectivity index (χ1) is 10.6. The van der Waals surface area contributed by atoms with Crippen molar-refractivity contribution in [3.8, 4) is 5.75 Å². The molecule has 5 heteroatoms. The molecule has 2 rings (SSSR count). The predicted octanol–water partition coefficient (Wildman–Crippen LogP) is 3.47. The van der Waals surface area contributed by atoms with Crippen molar-refractivity contribution in [2.24, 2.45) is 0 Å². The molecule has 2 aromatic rings. The number of carbonyl (C=O) groups excluding carboxylic acids is 1. The minimum Gasteiger partial charge on any atom is -0.505 e. The van der Waals surface area contributed by atoms with Gasteiger partial charge in [-0.3, -0.25) is 0 Å². The van der Waals surface area contributed by atoms with E-state index in [1.807, 2.05) is 30.3 Å². The van der Waals surface area contributed by atoms with Crippen molar-refractivity contribution in [1.29, 1.82) is 0 Å². The highest BCUT2D eigenvalue weighted by atomic mass is 19.1. The lowest BCUT2D eigenvalue weighted by molar-refractivity contribution is 0.141. The van der Waals surface area contributed by atoms with Gasteiger partial charge in [0.2, 0.25) is 0 Å². The van der Waals surface area contributed by atoms with Crippen LogP contribution in [0.25, 0.3) is 6.08 Å². The highest BCUT2D eigenvalue weighted by Crippen LogP contribution is 2.16. The number of rotatable bonds is 5. The number of phenols is 1. The molecule has 0 fully saturated rings. The maximum atomic E-state index is 13.1. The number of benzene rings is 2. The summed E-state index contributed by atoms with van der Waals surface area (Å²) >= 11 is 0. The standard InChI is InChI=1S/C17H16FNO3/c18-15-11-13(8-9-16(15)20)7-4-10-19-17(21)22-12-14-5-2-1-3-6-14/h1-9,11,20H,10,12H2,(H,19,21). The van der Waals surface area contributed by atoms with E-state index in [1.54, 1.807) is 18.2 Å². The third-order valence-electron chi connectivity index (χ3n) is 2.86. The molecule has 2 N–H and O–H groups in total. The van der Waals surface area contributed by atoms with Gasteiger partial charge in [-0.05, 0) is 23.3 Å². The van der Waals surface area contributed by atoms with Crippen molar-refractivity contribution < 1.29 is 19.0 Å². The number of hydrogen-bond acceptors (Lipinski definition) is 3. The van der Waals surface area contributed by atoms with E-state index in [-0.39, 0.29) is 18.9 Å². The molecule has 0 saturated heterocycles. The Bertz CT molecular complexity index is 656. The van der Waals surface area contributed by atoms with E-state index < -0.39 is 11.9 Å². The molecule has 0 radical (unpaired) electrons. The molecular weight excluding hydrogens is 285 g/mol. The first-order valence-electron chi connectivity index (χ1n) is 6.75. The van der Waals surface area contributed by atoms with Crippen LogP contribution in [0.4, 0.5) is 9.18 Å². The normalized spacial score (nSPS) is 10.6. The van der Waals surface area contributed by atoms with Gasteiger partial charge < -0.3 is 15.2 Å². The Balaban J connectivity index is 1.72. The molecule has 0 saturated carbocycles. The molecule has 0 aliphatic rings. The van der Waals surface area contributed by atoms with E-state index in [2.05, 4.69) is 5.32 Å². The minimum atomic E-state index is -0.683. The Kier molecular flexibility index (Phi) is 5.54. The van der Waals surface area contributed by atoms with Crippen LogP contribution in [0.5, 0.6) is 5.75 Å². The first-order valence-corrected chi connectivity index (χ1v) is 6.75. The Morgan fingerprint density at radius 1 is 1.23 bits per heavy atom. The molecule has 22 heavy (non-hydrogen) atoms. The van der Waals surface area contributed by atoms with Crippen LogP contribution >= 0.6 is 0 Å². The molecule has 0 unspecified atom stereocenters. The molecule has 2 aromatic carbocycles. The van der Waals surface area contributed by atoms with Crippen LogP contribution in [0.3, 0.4) is 0 Å². The smallest absolute Gasteiger partial charge is 0.407 e. The zero-order chi connectivity index (χ0) is 15.8. The van der Waals surface area contributed by atoms with E-state index in [0.717, 1.165) is 5.56 Å². The van der Waals surface area contributed by atoms with Crippen LogP contribution in [-0.4, -0.2) is 17.7 Å². The average Bonchev–Trinajstić information content (AvgIpc) is 2.54. The summed E-state index contributed by atoms with van der Waals surface area (Å²) in [6.07, 6.45) is 2.78. The minimum absolute atomic E-state index is 0.208. The summed E-state index contributed by atoms with van der Waals surface area (Å²) in [4.78, 5) is 11.5. The van der Waals surface area contributed by atoms with E-state index in [1.165, 1.54) is 12.1 Å². The molecule has 0 atom stereocenters. The van der Waals surface area contributed by atoms with Crippen LogP contribution in [0, 0.1) is 5.82 Å². The second-order valence-electron chi connectivity index (χ2n) is 4.56. The lowest BCUT2D eigenvalue weighted by Crippen LogP contribution is -2.24. The van der Waals surface area contributed by atoms with Gasteiger partial charge in [0, 0.05) is 6.54 Å². The number of aromatic hydroxyl groups is 1. The number of nitrogens with one attached hydrogen (secondary N) is 1. The number of alkyl carbamates (subject to hydrolysis) is 1. The van der Waals surface area contributed by atoms with Gasteiger partial charge in [0.25, 0.3) is 0 Å². The van der Waals surface area contributed by atoms with Gasteiger partial charge in [-0.2, -0.15) is 0 Å². The fourth-order valence-corrected chi connectivity index (χ4v) is 1.74. The van der Waals surface area contributed by atoms with Gasteiger partial charge in [0.05, 0.1) is 0 Å². The van der Waals surface area contributed by atoms with E-state index >= 15 is 0 Å². The van der Waals surface area contributed by atoms with Gasteiger partial charge in [-0.15, -0.1) is 0 Å². The molecular formula is C17H16FNO3. The summed E-state index contributed by atoms with van der Waals surface area (Å²) in [6, 6.07) is 13.4. The molecule has 0 spiro atoms. The van der Waals surface area contributed by atoms with Crippen molar-refractivity contribution >= 4 is 12.2 Å². The largest absolute Gasteiger partial charge is 0.505 e. The number of halogens is 1. The lowest BCUT2D eigenvalue weighted by Gasteiger charge is -2.05. The maximum absolute atomic E-state index is 13.1. The summed E-state index contributed by atoms with van der Waals surface area (Å²) in [7, 11) is 0. The second-order valence-corrected chi connectivity index (χ2v) is 4.56. The van der Waals surface area contributed by atoms with E-state index in [4.69, 9.17) is 9.84 Å². The molecule has 0 aliphatic carbocycles. The molecule has 4 nitrogen and oxygen atoms in total. The van der Waals surface area contributed by atoms with Crippen molar-refractivity contribution in [3.05, 3.63) is 71.6 Å². The van der Waals surface area contributed by atoms with Gasteiger partial charge in [0.15, 0.2) is 11.6 Å². The van der Waals surface area contributed by atoms with Crippen molar-refractivity contribution in [2.75, 3.05) is 6.54 Å². The fourth-order valence-electron chi connectivity index (χ4n) is 1.74. The third kappa shape index (κ3) is 4.94. The maximum Gasteiger partial charge on any atom is 0.407 e. The van der Waals surface area contributed by atoms with E-state index in [9.17, 15) is 9.18 Å². The summed E-state index contributed by atoms with van der Waals surface area (Å²) in [6.45, 7) is 0.468. The van der Waals surface area contributed by atoms with Crippen LogP contribution in [0.15, 0.2) is 54.6 Å². The highest BCUT2D eigenvalue weighted by Gasteiger charge is 2.01. The average molecular weight is 301 g/mol. The summed E-state index contributed by atoms with van der Waals surface area (Å²) < 4.78 is 18.1. The topological polar surface area (TPSA) is 58.6 Å². The zero-order valence-corrected chi connectivity index (χ0v) is 11.8. The van der Waals surface area contributed by atoms with Crippen LogP contribution < -0.4 is 5.32 Å². The number of phenolic OH excluding ortho intramolecular Hbond substituents is 1. The Morgan fingerprint density at radius 2 is 2.00 bits per heavy atom. The fraction of sp³-hybridized carbons (Fsp3) is 0.118. The molecule has 0 heterocycles. The van der Waals surface area contributed by atoms with Crippen LogP contribution in [0.1, 0.15) is 11.1 Å². The van der Waals surface area contributed by atoms with Crippen molar-refractivity contribution in [1.82, 2.24) is 5.32 Å². The number of amides is 1. The SMILES string of the molecule is O=C(NCC=Cc1ccc(O)c(F)c1)OCc1ccccc1. The monoisotopic (exact) mass is 301 g/mol. The lowest BCUT2D eigenvalue weighted by atomic mass is 10.2. The first kappa shape index (κ1) is 15.6. The highest BCUT2D eigenvalue weighted by molar-refractivity contribution is 5.67. The predicted molar refractivity (Wildman–Crippen MR) is 81.7 cm³/mol. The molecule has 0 bridgehead atoms. The molecule has 0 aliphatic heterocycles. The van der Waals surface area contributed by atoms with Crippen molar-refractivity contribution in [2.45, 2.75) is 6.61 Å². The van der Waals surface area contributed by atoms with Crippen LogP contribution in [-0.2, 0) is 11.3 Å². The number of carbonyl (C=O) groups is 1. The number of hydrogen-bond donors (Lipinski definition) is 2. The van der Waals surface area contributed by atoms with Gasteiger partial charge in [-0.25, -0.2) is 9.18 Å². The quantitative estimate of drug-likeness (QED) is 0.889. The Labute approximate surface area is 127 Å². The summed E-state index contributed by atoms with van der Waals surface area (Å²) in [5.41, 5.74) is 1.50. The second kappa shape index (κ2) is 7.83. The molecule has 0 aromatic heterocycles. The number of ether oxygens (including phenoxy) is 1. The van der Waals surface area contributed by atoms with Gasteiger partial charge in [0.1, 0.15) is 6.61 Å². The Hall–Kier alpha value is -2.82. The summed E-state index contributed by atoms with van der Waals surface area (Å²) in [5.74, 6) is -1.07. The van der Waals surface area contributed by atoms with E-state index in [0.29, 0.717) is 5.56 Å². The van der Waals surface area contributed by atoms with Crippen molar-refractivity contribution in [3.63, 3.8) is 0 Å². The third-order valence-corrected chi connectivity index (χ3v) is 2.86. The van der Waals surface area contributed by atoms with Crippen LogP contribution in [0.2, 0.25) is 0 Å². The molecule has 114 valence electrons. The zero-order valence-electron chi connectivity index (χ0n) is 11.8. The van der Waals surface area contributed by atoms with Gasteiger partial charge >= 0.3 is 6.09 Å². The molecule has 1 amide bonds. The Morgan fingerprint density at radius 3 is 2.73 bits per heavy atom. The summed E-state index contributed by atoms with van der Waals surface area (Å²) in [5, 5.41) is 11.6.